The Morgan fingerprint density at radius 1 is 1.12 bits per heavy atom. The summed E-state index contributed by atoms with van der Waals surface area (Å²) in [5.41, 5.74) is -0.330. The Morgan fingerprint density at radius 3 is 2.06 bits per heavy atom. The van der Waals surface area contributed by atoms with Crippen molar-refractivity contribution < 1.29 is 9.90 Å². The van der Waals surface area contributed by atoms with Crippen LogP contribution < -0.4 is 0 Å². The lowest BCUT2D eigenvalue weighted by molar-refractivity contribution is -0.179. The Labute approximate surface area is 104 Å². The van der Waals surface area contributed by atoms with Crippen LogP contribution in [-0.2, 0) is 4.79 Å². The second kappa shape index (κ2) is 4.00. The van der Waals surface area contributed by atoms with Crippen molar-refractivity contribution in [1.29, 1.82) is 0 Å². The first kappa shape index (κ1) is 11.6. The minimum atomic E-state index is -0.472. The van der Waals surface area contributed by atoms with Crippen LogP contribution in [0.15, 0.2) is 0 Å². The zero-order valence-corrected chi connectivity index (χ0v) is 10.8. The van der Waals surface area contributed by atoms with E-state index >= 15 is 0 Å². The molecular weight excluding hydrogens is 212 g/mol. The molecule has 0 aromatic rings. The maximum atomic E-state index is 11.9. The molecule has 17 heavy (non-hydrogen) atoms. The summed E-state index contributed by atoms with van der Waals surface area (Å²) >= 11 is 0. The molecule has 2 heteroatoms. The van der Waals surface area contributed by atoms with Gasteiger partial charge in [-0.3, -0.25) is 4.79 Å². The van der Waals surface area contributed by atoms with E-state index in [2.05, 4.69) is 6.92 Å². The standard InChI is InChI=1S/C15H24O2/c1-2-3-4-15(14(16)17)12-6-10-5-11(8-12)9-13(15)7-10/h10-13H,2-9H2,1H3,(H,16,17). The van der Waals surface area contributed by atoms with Gasteiger partial charge in [-0.25, -0.2) is 0 Å². The molecule has 96 valence electrons. The van der Waals surface area contributed by atoms with Gasteiger partial charge in [0.2, 0.25) is 0 Å². The predicted molar refractivity (Wildman–Crippen MR) is 66.6 cm³/mol. The molecular formula is C15H24O2. The van der Waals surface area contributed by atoms with Crippen LogP contribution in [0.3, 0.4) is 0 Å². The molecule has 0 saturated heterocycles. The van der Waals surface area contributed by atoms with E-state index in [1.807, 2.05) is 0 Å². The number of carbonyl (C=O) groups is 1. The summed E-state index contributed by atoms with van der Waals surface area (Å²) in [6.45, 7) is 2.17. The maximum Gasteiger partial charge on any atom is 0.310 e. The molecule has 4 aliphatic carbocycles. The van der Waals surface area contributed by atoms with Crippen LogP contribution >= 0.6 is 0 Å². The molecule has 0 aromatic heterocycles. The molecule has 1 N–H and O–H groups in total. The Bertz CT molecular complexity index is 293. The highest BCUT2D eigenvalue weighted by Crippen LogP contribution is 2.63. The van der Waals surface area contributed by atoms with Crippen molar-refractivity contribution in [2.75, 3.05) is 0 Å². The lowest BCUT2D eigenvalue weighted by atomic mass is 9.44. The molecule has 0 heterocycles. The number of rotatable bonds is 4. The molecule has 4 bridgehead atoms. The van der Waals surface area contributed by atoms with E-state index in [1.165, 1.54) is 32.1 Å². The van der Waals surface area contributed by atoms with Gasteiger partial charge < -0.3 is 5.11 Å². The van der Waals surface area contributed by atoms with Crippen molar-refractivity contribution >= 4 is 5.97 Å². The van der Waals surface area contributed by atoms with Crippen molar-refractivity contribution in [3.63, 3.8) is 0 Å². The first-order valence-electron chi connectivity index (χ1n) is 7.40. The van der Waals surface area contributed by atoms with Crippen molar-refractivity contribution in [2.24, 2.45) is 29.1 Å². The van der Waals surface area contributed by atoms with E-state index < -0.39 is 5.97 Å². The molecule has 0 aromatic carbocycles. The molecule has 2 nitrogen and oxygen atoms in total. The largest absolute Gasteiger partial charge is 0.481 e. The van der Waals surface area contributed by atoms with E-state index in [4.69, 9.17) is 0 Å². The monoisotopic (exact) mass is 236 g/mol. The number of unbranched alkanes of at least 4 members (excludes halogenated alkanes) is 1. The first-order valence-corrected chi connectivity index (χ1v) is 7.40. The van der Waals surface area contributed by atoms with E-state index in [0.717, 1.165) is 31.1 Å². The average Bonchev–Trinajstić information content (AvgIpc) is 2.27. The Balaban J connectivity index is 1.90. The molecule has 0 spiro atoms. The normalized spacial score (nSPS) is 47.4. The van der Waals surface area contributed by atoms with Crippen LogP contribution in [0, 0.1) is 29.1 Å². The van der Waals surface area contributed by atoms with E-state index in [-0.39, 0.29) is 5.41 Å². The molecule has 4 fully saturated rings. The summed E-state index contributed by atoms with van der Waals surface area (Å²) in [5, 5.41) is 9.82. The molecule has 0 amide bonds. The Hall–Kier alpha value is -0.530. The van der Waals surface area contributed by atoms with Gasteiger partial charge in [-0.2, -0.15) is 0 Å². The second-order valence-electron chi connectivity index (χ2n) is 6.75. The molecule has 4 saturated carbocycles. The van der Waals surface area contributed by atoms with Crippen LogP contribution in [0.4, 0.5) is 0 Å². The minimum absolute atomic E-state index is 0.330. The third-order valence-corrected chi connectivity index (χ3v) is 5.94. The maximum absolute atomic E-state index is 11.9. The zero-order valence-electron chi connectivity index (χ0n) is 10.8. The molecule has 0 radical (unpaired) electrons. The van der Waals surface area contributed by atoms with Gasteiger partial charge in [0.1, 0.15) is 0 Å². The number of aliphatic carboxylic acids is 1. The predicted octanol–water partition coefficient (Wildman–Crippen LogP) is 3.70. The zero-order chi connectivity index (χ0) is 12.0. The van der Waals surface area contributed by atoms with Gasteiger partial charge in [-0.05, 0) is 62.2 Å². The molecule has 0 aliphatic heterocycles. The first-order chi connectivity index (χ1) is 8.16. The third kappa shape index (κ3) is 1.56. The van der Waals surface area contributed by atoms with Crippen molar-refractivity contribution in [1.82, 2.24) is 0 Å². The topological polar surface area (TPSA) is 37.3 Å². The van der Waals surface area contributed by atoms with E-state index in [0.29, 0.717) is 11.8 Å². The van der Waals surface area contributed by atoms with Gasteiger partial charge >= 0.3 is 5.97 Å². The third-order valence-electron chi connectivity index (χ3n) is 5.94. The number of hydrogen-bond acceptors (Lipinski definition) is 1. The molecule has 0 unspecified atom stereocenters. The van der Waals surface area contributed by atoms with E-state index in [9.17, 15) is 9.90 Å². The van der Waals surface area contributed by atoms with Crippen LogP contribution in [0.2, 0.25) is 0 Å². The Morgan fingerprint density at radius 2 is 1.65 bits per heavy atom. The number of carboxylic acid groups (broad SMARTS) is 1. The van der Waals surface area contributed by atoms with Crippen molar-refractivity contribution in [3.8, 4) is 0 Å². The Kier molecular flexibility index (Phi) is 2.72. The van der Waals surface area contributed by atoms with Crippen LogP contribution in [0.5, 0.6) is 0 Å². The summed E-state index contributed by atoms with van der Waals surface area (Å²) in [6.07, 6.45) is 9.40. The SMILES string of the molecule is CCCCC1(C(=O)O)C2CC3CC(C2)CC1C3. The summed E-state index contributed by atoms with van der Waals surface area (Å²) < 4.78 is 0. The van der Waals surface area contributed by atoms with Gasteiger partial charge in [0.15, 0.2) is 0 Å². The van der Waals surface area contributed by atoms with Crippen molar-refractivity contribution in [3.05, 3.63) is 0 Å². The van der Waals surface area contributed by atoms with Gasteiger partial charge in [-0.1, -0.05) is 19.8 Å². The van der Waals surface area contributed by atoms with Crippen LogP contribution in [0.1, 0.15) is 58.3 Å². The highest BCUT2D eigenvalue weighted by Gasteiger charge is 2.60. The lowest BCUT2D eigenvalue weighted by Gasteiger charge is -2.59. The van der Waals surface area contributed by atoms with Crippen LogP contribution in [-0.4, -0.2) is 11.1 Å². The van der Waals surface area contributed by atoms with Gasteiger partial charge in [-0.15, -0.1) is 0 Å². The minimum Gasteiger partial charge on any atom is -0.481 e. The summed E-state index contributed by atoms with van der Waals surface area (Å²) in [4.78, 5) is 11.9. The lowest BCUT2D eigenvalue weighted by Crippen LogP contribution is -2.56. The quantitative estimate of drug-likeness (QED) is 0.808. The summed E-state index contributed by atoms with van der Waals surface area (Å²) in [5.74, 6) is 2.27. The highest BCUT2D eigenvalue weighted by molar-refractivity contribution is 5.76. The number of hydrogen-bond donors (Lipinski definition) is 1. The number of carboxylic acids is 1. The summed E-state index contributed by atoms with van der Waals surface area (Å²) in [6, 6.07) is 0. The average molecular weight is 236 g/mol. The van der Waals surface area contributed by atoms with Gasteiger partial charge in [0.25, 0.3) is 0 Å². The molecule has 0 atom stereocenters. The summed E-state index contributed by atoms with van der Waals surface area (Å²) in [7, 11) is 0. The fourth-order valence-corrected chi connectivity index (χ4v) is 5.36. The van der Waals surface area contributed by atoms with Crippen LogP contribution in [0.25, 0.3) is 0 Å². The van der Waals surface area contributed by atoms with E-state index in [1.54, 1.807) is 0 Å². The fourth-order valence-electron chi connectivity index (χ4n) is 5.36. The molecule has 4 aliphatic rings. The van der Waals surface area contributed by atoms with Gasteiger partial charge in [0, 0.05) is 0 Å². The molecule has 4 rings (SSSR count). The highest BCUT2D eigenvalue weighted by atomic mass is 16.4. The van der Waals surface area contributed by atoms with Crippen molar-refractivity contribution in [2.45, 2.75) is 58.3 Å². The van der Waals surface area contributed by atoms with Gasteiger partial charge in [0.05, 0.1) is 5.41 Å². The second-order valence-corrected chi connectivity index (χ2v) is 6.75. The smallest absolute Gasteiger partial charge is 0.310 e. The fraction of sp³-hybridized carbons (Fsp3) is 0.933.